The lowest BCUT2D eigenvalue weighted by Crippen LogP contribution is -2.30. The molecule has 2 aliphatic heterocycles. The van der Waals surface area contributed by atoms with E-state index in [-0.39, 0.29) is 11.9 Å². The molecule has 1 amide bonds. The number of rotatable bonds is 3. The third kappa shape index (κ3) is 3.07. The summed E-state index contributed by atoms with van der Waals surface area (Å²) in [6.45, 7) is 2.77. The van der Waals surface area contributed by atoms with Crippen LogP contribution in [0.5, 0.6) is 0 Å². The first-order chi connectivity index (χ1) is 14.5. The Labute approximate surface area is 174 Å². The van der Waals surface area contributed by atoms with Crippen LogP contribution in [0, 0.1) is 0 Å². The van der Waals surface area contributed by atoms with Gasteiger partial charge in [-0.05, 0) is 49.1 Å². The van der Waals surface area contributed by atoms with Crippen LogP contribution in [0.2, 0.25) is 0 Å². The molecular formula is C23H24N6O. The molecule has 30 heavy (non-hydrogen) atoms. The van der Waals surface area contributed by atoms with E-state index in [1.165, 1.54) is 11.9 Å². The molecule has 1 aromatic carbocycles. The van der Waals surface area contributed by atoms with Crippen molar-refractivity contribution in [2.75, 3.05) is 17.2 Å². The van der Waals surface area contributed by atoms with Crippen molar-refractivity contribution in [3.05, 3.63) is 48.4 Å². The molecule has 4 heterocycles. The number of nitrogens with zero attached hydrogens (tertiary/aromatic N) is 5. The number of carbonyl (C=O) groups is 1. The molecule has 0 bridgehead atoms. The number of nitrogen functional groups attached to an aromatic ring is 1. The van der Waals surface area contributed by atoms with Gasteiger partial charge in [-0.15, -0.1) is 0 Å². The van der Waals surface area contributed by atoms with Crippen molar-refractivity contribution < 1.29 is 4.79 Å². The van der Waals surface area contributed by atoms with E-state index in [1.54, 1.807) is 0 Å². The molecule has 0 radical (unpaired) electrons. The van der Waals surface area contributed by atoms with Crippen molar-refractivity contribution >= 4 is 34.2 Å². The Bertz CT molecular complexity index is 1220. The third-order valence-electron chi connectivity index (χ3n) is 5.88. The maximum absolute atomic E-state index is 12.9. The molecule has 2 aliphatic rings. The number of allylic oxidation sites excluding steroid dienone is 1. The van der Waals surface area contributed by atoms with Crippen LogP contribution < -0.4 is 10.6 Å². The number of hydrogen-bond acceptors (Lipinski definition) is 5. The molecule has 1 unspecified atom stereocenters. The lowest BCUT2D eigenvalue weighted by Gasteiger charge is -2.19. The summed E-state index contributed by atoms with van der Waals surface area (Å²) < 4.78 is 1.96. The van der Waals surface area contributed by atoms with Gasteiger partial charge in [-0.1, -0.05) is 12.1 Å². The Morgan fingerprint density at radius 2 is 2.17 bits per heavy atom. The van der Waals surface area contributed by atoms with Gasteiger partial charge in [0.05, 0.1) is 17.8 Å². The summed E-state index contributed by atoms with van der Waals surface area (Å²) in [5.74, 6) is 0.574. The molecule has 2 N–H and O–H groups in total. The maximum atomic E-state index is 12.9. The van der Waals surface area contributed by atoms with Crippen molar-refractivity contribution in [1.82, 2.24) is 14.5 Å². The molecule has 0 aliphatic carbocycles. The Morgan fingerprint density at radius 3 is 3.00 bits per heavy atom. The highest BCUT2D eigenvalue weighted by atomic mass is 16.2. The van der Waals surface area contributed by atoms with Crippen molar-refractivity contribution in [2.24, 2.45) is 12.0 Å². The predicted octanol–water partition coefficient (Wildman–Crippen LogP) is 3.29. The lowest BCUT2D eigenvalue weighted by molar-refractivity contribution is -0.117. The van der Waals surface area contributed by atoms with Crippen LogP contribution in [0.15, 0.2) is 47.9 Å². The molecule has 1 atom stereocenters. The number of benzene rings is 1. The molecule has 0 saturated carbocycles. The fourth-order valence-electron chi connectivity index (χ4n) is 4.42. The number of aliphatic imine (C=N–C) groups is 1. The van der Waals surface area contributed by atoms with Crippen molar-refractivity contribution in [1.29, 1.82) is 0 Å². The van der Waals surface area contributed by atoms with Crippen LogP contribution in [0.1, 0.15) is 25.3 Å². The van der Waals surface area contributed by atoms with Gasteiger partial charge in [0.1, 0.15) is 17.8 Å². The Kier molecular flexibility index (Phi) is 4.38. The number of dihydropyridines is 1. The number of aryl methyl sites for hydroxylation is 1. The Hall–Kier alpha value is -3.48. The second kappa shape index (κ2) is 7.09. The van der Waals surface area contributed by atoms with Gasteiger partial charge in [0.15, 0.2) is 0 Å². The summed E-state index contributed by atoms with van der Waals surface area (Å²) >= 11 is 0. The van der Waals surface area contributed by atoms with Gasteiger partial charge >= 0.3 is 0 Å². The average Bonchev–Trinajstić information content (AvgIpc) is 3.30. The monoisotopic (exact) mass is 400 g/mol. The molecule has 0 saturated heterocycles. The summed E-state index contributed by atoms with van der Waals surface area (Å²) in [5, 5.41) is 0.863. The van der Waals surface area contributed by atoms with E-state index in [0.717, 1.165) is 46.4 Å². The maximum Gasteiger partial charge on any atom is 0.232 e. The fraction of sp³-hybridized carbons (Fsp3) is 0.304. The van der Waals surface area contributed by atoms with Crippen LogP contribution in [0.4, 0.5) is 11.5 Å². The van der Waals surface area contributed by atoms with Gasteiger partial charge in [-0.25, -0.2) is 9.97 Å². The molecular weight excluding hydrogens is 376 g/mol. The van der Waals surface area contributed by atoms with Crippen LogP contribution in [-0.4, -0.2) is 38.7 Å². The quantitative estimate of drug-likeness (QED) is 0.731. The number of aromatic nitrogens is 3. The van der Waals surface area contributed by atoms with E-state index in [9.17, 15) is 4.79 Å². The smallest absolute Gasteiger partial charge is 0.232 e. The van der Waals surface area contributed by atoms with E-state index < -0.39 is 0 Å². The zero-order valence-electron chi connectivity index (χ0n) is 17.2. The summed E-state index contributed by atoms with van der Waals surface area (Å²) in [5.41, 5.74) is 12.1. The zero-order valence-corrected chi connectivity index (χ0v) is 17.2. The van der Waals surface area contributed by atoms with E-state index >= 15 is 0 Å². The van der Waals surface area contributed by atoms with E-state index in [1.807, 2.05) is 40.9 Å². The third-order valence-corrected chi connectivity index (χ3v) is 5.88. The fourth-order valence-corrected chi connectivity index (χ4v) is 4.42. The SMILES string of the molecule is CC1CC=CC(CC(=O)N2CCc3cc(-c4cn(C)c5ncnc(N)c45)ccc32)=N1. The second-order valence-corrected chi connectivity index (χ2v) is 8.03. The number of carbonyl (C=O) groups excluding carboxylic acids is 1. The van der Waals surface area contributed by atoms with Crippen molar-refractivity contribution in [3.8, 4) is 11.1 Å². The Balaban J connectivity index is 1.45. The summed E-state index contributed by atoms with van der Waals surface area (Å²) in [7, 11) is 1.95. The lowest BCUT2D eigenvalue weighted by atomic mass is 10.0. The summed E-state index contributed by atoms with van der Waals surface area (Å²) in [6.07, 6.45) is 9.72. The highest BCUT2D eigenvalue weighted by Gasteiger charge is 2.26. The first-order valence-corrected chi connectivity index (χ1v) is 10.2. The van der Waals surface area contributed by atoms with Crippen LogP contribution in [0.3, 0.4) is 0 Å². The van der Waals surface area contributed by atoms with Crippen molar-refractivity contribution in [2.45, 2.75) is 32.2 Å². The highest BCUT2D eigenvalue weighted by Crippen LogP contribution is 2.37. The normalized spacial score (nSPS) is 18.0. The van der Waals surface area contributed by atoms with Gasteiger partial charge in [-0.3, -0.25) is 9.79 Å². The molecule has 0 spiro atoms. The molecule has 3 aromatic rings. The van der Waals surface area contributed by atoms with Gasteiger partial charge in [0, 0.05) is 36.8 Å². The second-order valence-electron chi connectivity index (χ2n) is 8.03. The van der Waals surface area contributed by atoms with Gasteiger partial charge in [0.2, 0.25) is 5.91 Å². The van der Waals surface area contributed by atoms with Crippen LogP contribution in [0.25, 0.3) is 22.2 Å². The van der Waals surface area contributed by atoms with Crippen molar-refractivity contribution in [3.63, 3.8) is 0 Å². The number of hydrogen-bond donors (Lipinski definition) is 1. The number of anilines is 2. The first kappa shape index (κ1) is 18.5. The molecule has 7 nitrogen and oxygen atoms in total. The standard InChI is InChI=1S/C23H24N6O/c1-14-4-3-5-17(27-14)11-20(30)29-9-8-16-10-15(6-7-19(16)29)18-12-28(2)23-21(18)22(24)25-13-26-23/h3,5-7,10,12-14H,4,8-9,11H2,1-2H3,(H2,24,25,26). The van der Waals surface area contributed by atoms with Crippen LogP contribution >= 0.6 is 0 Å². The minimum Gasteiger partial charge on any atom is -0.383 e. The minimum absolute atomic E-state index is 0.0989. The van der Waals surface area contributed by atoms with Gasteiger partial charge in [-0.2, -0.15) is 0 Å². The molecule has 5 rings (SSSR count). The topological polar surface area (TPSA) is 89.4 Å². The zero-order chi connectivity index (χ0) is 20.8. The highest BCUT2D eigenvalue weighted by molar-refractivity contribution is 6.12. The van der Waals surface area contributed by atoms with E-state index in [0.29, 0.717) is 18.8 Å². The van der Waals surface area contributed by atoms with Gasteiger partial charge in [0.25, 0.3) is 0 Å². The van der Waals surface area contributed by atoms with Gasteiger partial charge < -0.3 is 15.2 Å². The molecule has 7 heteroatoms. The first-order valence-electron chi connectivity index (χ1n) is 10.2. The number of fused-ring (bicyclic) bond motifs is 2. The number of amides is 1. The summed E-state index contributed by atoms with van der Waals surface area (Å²) in [4.78, 5) is 27.9. The van der Waals surface area contributed by atoms with Crippen LogP contribution in [-0.2, 0) is 18.3 Å². The summed E-state index contributed by atoms with van der Waals surface area (Å²) in [6, 6.07) is 6.49. The van der Waals surface area contributed by atoms with E-state index in [2.05, 4.69) is 34.0 Å². The molecule has 152 valence electrons. The average molecular weight is 400 g/mol. The Morgan fingerprint density at radius 1 is 1.30 bits per heavy atom. The molecule has 0 fully saturated rings. The molecule has 2 aromatic heterocycles. The predicted molar refractivity (Wildman–Crippen MR) is 120 cm³/mol. The largest absolute Gasteiger partial charge is 0.383 e. The van der Waals surface area contributed by atoms with E-state index in [4.69, 9.17) is 5.73 Å². The number of nitrogens with two attached hydrogens (primary N) is 1. The minimum atomic E-state index is 0.0989.